The molecule has 0 aromatic heterocycles. The van der Waals surface area contributed by atoms with Crippen LogP contribution in [0.25, 0.3) is 0 Å². The minimum Gasteiger partial charge on any atom is -0.463 e. The highest BCUT2D eigenvalue weighted by Gasteiger charge is 2.37. The average Bonchev–Trinajstić information content (AvgIpc) is 3.33. The van der Waals surface area contributed by atoms with Crippen molar-refractivity contribution in [3.63, 3.8) is 0 Å². The number of unbranched alkanes of at least 4 members (excludes halogenated alkanes) is 6. The van der Waals surface area contributed by atoms with Crippen molar-refractivity contribution in [3.05, 3.63) is 108 Å². The molecule has 0 saturated carbocycles. The van der Waals surface area contributed by atoms with Gasteiger partial charge in [-0.25, -0.2) is 0 Å². The van der Waals surface area contributed by atoms with E-state index in [-0.39, 0.29) is 12.6 Å². The molecule has 3 rings (SSSR count). The molecule has 64 heavy (non-hydrogen) atoms. The van der Waals surface area contributed by atoms with Crippen LogP contribution in [0.4, 0.5) is 0 Å². The van der Waals surface area contributed by atoms with Gasteiger partial charge in [-0.15, -0.1) is 0 Å². The zero-order valence-corrected chi connectivity index (χ0v) is 38.7. The number of benzene rings is 3. The van der Waals surface area contributed by atoms with Crippen molar-refractivity contribution >= 4 is 5.97 Å². The minimum absolute atomic E-state index is 0.143. The van der Waals surface area contributed by atoms with Crippen LogP contribution in [0.15, 0.2) is 91.0 Å². The first kappa shape index (κ1) is 55.0. The summed E-state index contributed by atoms with van der Waals surface area (Å²) in [6.07, 6.45) is 8.77. The summed E-state index contributed by atoms with van der Waals surface area (Å²) < 4.78 is 67.7. The van der Waals surface area contributed by atoms with E-state index in [4.69, 9.17) is 56.8 Å². The van der Waals surface area contributed by atoms with Gasteiger partial charge >= 0.3 is 5.97 Å². The molecule has 0 radical (unpaired) electrons. The van der Waals surface area contributed by atoms with Gasteiger partial charge in [0.1, 0.15) is 12.2 Å². The normalized spacial score (nSPS) is 11.6. The molecule has 3 aromatic carbocycles. The van der Waals surface area contributed by atoms with Gasteiger partial charge in [0.15, 0.2) is 0 Å². The predicted molar refractivity (Wildman–Crippen MR) is 247 cm³/mol. The predicted octanol–water partition coefficient (Wildman–Crippen LogP) is 7.85. The fourth-order valence-corrected chi connectivity index (χ4v) is 6.62. The molecule has 0 amide bonds. The molecular formula is C51H78O13. The van der Waals surface area contributed by atoms with Crippen molar-refractivity contribution < 1.29 is 61.6 Å². The van der Waals surface area contributed by atoms with Crippen LogP contribution in [0.2, 0.25) is 0 Å². The second-order valence-corrected chi connectivity index (χ2v) is 14.8. The number of esters is 1. The zero-order chi connectivity index (χ0) is 45.1. The molecule has 0 spiro atoms. The molecule has 0 fully saturated rings. The van der Waals surface area contributed by atoms with Crippen molar-refractivity contribution in [2.45, 2.75) is 63.9 Å². The fraction of sp³-hybridized carbons (Fsp3) is 0.627. The molecule has 0 N–H and O–H groups in total. The molecule has 0 aliphatic heterocycles. The molecule has 0 aliphatic carbocycles. The van der Waals surface area contributed by atoms with E-state index in [0.29, 0.717) is 145 Å². The van der Waals surface area contributed by atoms with E-state index in [1.165, 1.54) is 32.1 Å². The summed E-state index contributed by atoms with van der Waals surface area (Å²) in [4.78, 5) is 11.8. The van der Waals surface area contributed by atoms with Gasteiger partial charge in [-0.05, 0) is 23.1 Å². The Bertz CT molecular complexity index is 1350. The van der Waals surface area contributed by atoms with E-state index in [0.717, 1.165) is 29.5 Å². The molecule has 0 atom stereocenters. The van der Waals surface area contributed by atoms with Crippen molar-refractivity contribution in [2.75, 3.05) is 145 Å². The van der Waals surface area contributed by atoms with Crippen molar-refractivity contribution in [1.82, 2.24) is 0 Å². The quantitative estimate of drug-likeness (QED) is 0.0311. The van der Waals surface area contributed by atoms with Crippen LogP contribution in [0, 0.1) is 0 Å². The van der Waals surface area contributed by atoms with E-state index in [1.807, 2.05) is 54.6 Å². The van der Waals surface area contributed by atoms with Gasteiger partial charge in [0.2, 0.25) is 0 Å². The lowest BCUT2D eigenvalue weighted by Gasteiger charge is -2.36. The number of carbonyl (C=O) groups excluding carboxylic acids is 1. The van der Waals surface area contributed by atoms with Gasteiger partial charge < -0.3 is 56.8 Å². The largest absolute Gasteiger partial charge is 0.463 e. The molecule has 13 heteroatoms. The first-order valence-corrected chi connectivity index (χ1v) is 23.5. The molecule has 0 heterocycles. The third-order valence-electron chi connectivity index (χ3n) is 9.91. The number of ether oxygens (including phenoxy) is 12. The molecule has 0 unspecified atom stereocenters. The van der Waals surface area contributed by atoms with E-state index in [1.54, 1.807) is 0 Å². The maximum absolute atomic E-state index is 11.8. The van der Waals surface area contributed by atoms with E-state index >= 15 is 0 Å². The molecule has 13 nitrogen and oxygen atoms in total. The lowest BCUT2D eigenvalue weighted by molar-refractivity contribution is -0.145. The molecule has 3 aromatic rings. The van der Waals surface area contributed by atoms with E-state index in [2.05, 4.69) is 43.3 Å². The van der Waals surface area contributed by atoms with Crippen molar-refractivity contribution in [3.8, 4) is 0 Å². The molecular weight excluding hydrogens is 821 g/mol. The van der Waals surface area contributed by atoms with Crippen LogP contribution in [-0.2, 0) is 67.2 Å². The van der Waals surface area contributed by atoms with Gasteiger partial charge in [-0.3, -0.25) is 4.79 Å². The van der Waals surface area contributed by atoms with Crippen molar-refractivity contribution in [2.24, 2.45) is 0 Å². The number of hydrogen-bond acceptors (Lipinski definition) is 13. The van der Waals surface area contributed by atoms with E-state index < -0.39 is 5.60 Å². The van der Waals surface area contributed by atoms with Crippen LogP contribution in [0.1, 0.15) is 75.0 Å². The summed E-state index contributed by atoms with van der Waals surface area (Å²) in [5, 5.41) is 0. The molecule has 0 bridgehead atoms. The Kier molecular flexibility index (Phi) is 34.4. The molecule has 360 valence electrons. The lowest BCUT2D eigenvalue weighted by atomic mass is 9.80. The Morgan fingerprint density at radius 2 is 0.609 bits per heavy atom. The number of rotatable bonds is 45. The second-order valence-electron chi connectivity index (χ2n) is 14.8. The maximum Gasteiger partial charge on any atom is 0.305 e. The summed E-state index contributed by atoms with van der Waals surface area (Å²) in [7, 11) is 0. The third kappa shape index (κ3) is 26.6. The summed E-state index contributed by atoms with van der Waals surface area (Å²) in [6.45, 7) is 12.4. The van der Waals surface area contributed by atoms with Gasteiger partial charge in [-0.2, -0.15) is 0 Å². The van der Waals surface area contributed by atoms with Gasteiger partial charge in [-0.1, -0.05) is 136 Å². The van der Waals surface area contributed by atoms with Crippen LogP contribution >= 0.6 is 0 Å². The standard InChI is InChI=1S/C51H78O13/c1-2-3-4-5-6-7-17-24-50(52)63-45-43-61-41-39-59-37-35-57-33-31-55-29-27-53-25-26-54-28-30-56-32-34-58-36-38-60-40-42-62-44-46-64-51(47-18-11-8-12-19-47,48-20-13-9-14-21-48)49-22-15-10-16-23-49/h8-16,18-23H,2-7,17,24-46H2,1H3. The second kappa shape index (κ2) is 40.0. The Morgan fingerprint density at radius 1 is 0.344 bits per heavy atom. The Morgan fingerprint density at radius 3 is 0.922 bits per heavy atom. The van der Waals surface area contributed by atoms with Crippen LogP contribution in [0.5, 0.6) is 0 Å². The summed E-state index contributed by atoms with van der Waals surface area (Å²) in [5.41, 5.74) is 2.44. The first-order chi connectivity index (χ1) is 31.8. The number of carbonyl (C=O) groups is 1. The van der Waals surface area contributed by atoms with Crippen LogP contribution in [-0.4, -0.2) is 151 Å². The monoisotopic (exact) mass is 899 g/mol. The third-order valence-corrected chi connectivity index (χ3v) is 9.91. The summed E-state index contributed by atoms with van der Waals surface area (Å²) in [5.74, 6) is -0.143. The molecule has 0 aliphatic rings. The van der Waals surface area contributed by atoms with E-state index in [9.17, 15) is 4.79 Å². The number of hydrogen-bond donors (Lipinski definition) is 0. The topological polar surface area (TPSA) is 128 Å². The SMILES string of the molecule is CCCCCCCCCC(=O)OCCOCCOCCOCCOCCOCCOCCOCCOCCOCCOCCOC(c1ccccc1)(c1ccccc1)c1ccccc1. The summed E-state index contributed by atoms with van der Waals surface area (Å²) in [6, 6.07) is 31.0. The van der Waals surface area contributed by atoms with Crippen molar-refractivity contribution in [1.29, 1.82) is 0 Å². The summed E-state index contributed by atoms with van der Waals surface area (Å²) >= 11 is 0. The Balaban J connectivity index is 0.993. The van der Waals surface area contributed by atoms with Gasteiger partial charge in [0.05, 0.1) is 139 Å². The average molecular weight is 899 g/mol. The lowest BCUT2D eigenvalue weighted by Crippen LogP contribution is -2.34. The highest BCUT2D eigenvalue weighted by Crippen LogP contribution is 2.40. The highest BCUT2D eigenvalue weighted by molar-refractivity contribution is 5.69. The van der Waals surface area contributed by atoms with Crippen LogP contribution in [0.3, 0.4) is 0 Å². The first-order valence-electron chi connectivity index (χ1n) is 23.5. The Labute approximate surface area is 383 Å². The Hall–Kier alpha value is -3.31. The maximum atomic E-state index is 11.8. The zero-order valence-electron chi connectivity index (χ0n) is 38.7. The van der Waals surface area contributed by atoms with Crippen LogP contribution < -0.4 is 0 Å². The van der Waals surface area contributed by atoms with Gasteiger partial charge in [0, 0.05) is 6.42 Å². The minimum atomic E-state index is -0.757. The molecule has 0 saturated heterocycles. The smallest absolute Gasteiger partial charge is 0.305 e. The highest BCUT2D eigenvalue weighted by atomic mass is 16.6. The van der Waals surface area contributed by atoms with Gasteiger partial charge in [0.25, 0.3) is 0 Å². The fourth-order valence-electron chi connectivity index (χ4n) is 6.62.